The first-order valence-electron chi connectivity index (χ1n) is 6.21. The zero-order valence-electron chi connectivity index (χ0n) is 10.4. The first kappa shape index (κ1) is 12.9. The summed E-state index contributed by atoms with van der Waals surface area (Å²) in [5.74, 6) is 0.881. The van der Waals surface area contributed by atoms with Crippen molar-refractivity contribution < 1.29 is 5.11 Å². The van der Waals surface area contributed by atoms with Crippen LogP contribution in [0.5, 0.6) is 0 Å². The third kappa shape index (κ3) is 4.96. The van der Waals surface area contributed by atoms with Gasteiger partial charge in [-0.2, -0.15) is 0 Å². The normalized spacial score (nSPS) is 22.2. The molecule has 15 heavy (non-hydrogen) atoms. The van der Waals surface area contributed by atoms with Crippen molar-refractivity contribution >= 4 is 0 Å². The van der Waals surface area contributed by atoms with Crippen LogP contribution in [0.2, 0.25) is 0 Å². The third-order valence-electron chi connectivity index (χ3n) is 3.14. The van der Waals surface area contributed by atoms with E-state index in [1.807, 2.05) is 0 Å². The van der Waals surface area contributed by atoms with Crippen LogP contribution in [0.4, 0.5) is 0 Å². The molecule has 1 heterocycles. The van der Waals surface area contributed by atoms with Crippen LogP contribution in [0.25, 0.3) is 0 Å². The highest BCUT2D eigenvalue weighted by molar-refractivity contribution is 4.76. The lowest BCUT2D eigenvalue weighted by atomic mass is 9.99. The number of hydrogen-bond acceptors (Lipinski definition) is 3. The van der Waals surface area contributed by atoms with Crippen LogP contribution in [0.15, 0.2) is 0 Å². The SMILES string of the molecule is CC1CCN(CC(CO)NC(C)C)CC1. The van der Waals surface area contributed by atoms with E-state index in [1.165, 1.54) is 25.9 Å². The van der Waals surface area contributed by atoms with Crippen molar-refractivity contribution in [2.45, 2.75) is 45.7 Å². The van der Waals surface area contributed by atoms with Crippen LogP contribution in [0, 0.1) is 5.92 Å². The monoisotopic (exact) mass is 214 g/mol. The van der Waals surface area contributed by atoms with Gasteiger partial charge in [0.2, 0.25) is 0 Å². The van der Waals surface area contributed by atoms with Gasteiger partial charge in [-0.05, 0) is 31.8 Å². The molecular formula is C12H26N2O. The van der Waals surface area contributed by atoms with Gasteiger partial charge in [-0.15, -0.1) is 0 Å². The Balaban J connectivity index is 2.25. The zero-order valence-corrected chi connectivity index (χ0v) is 10.4. The second-order valence-corrected chi connectivity index (χ2v) is 5.18. The highest BCUT2D eigenvalue weighted by atomic mass is 16.3. The molecule has 1 atom stereocenters. The number of hydrogen-bond donors (Lipinski definition) is 2. The van der Waals surface area contributed by atoms with Crippen molar-refractivity contribution in [3.63, 3.8) is 0 Å². The van der Waals surface area contributed by atoms with Crippen molar-refractivity contribution in [2.75, 3.05) is 26.2 Å². The van der Waals surface area contributed by atoms with Gasteiger partial charge in [-0.25, -0.2) is 0 Å². The summed E-state index contributed by atoms with van der Waals surface area (Å²) in [5, 5.41) is 12.7. The molecule has 1 unspecified atom stereocenters. The van der Waals surface area contributed by atoms with Gasteiger partial charge in [0, 0.05) is 18.6 Å². The topological polar surface area (TPSA) is 35.5 Å². The fraction of sp³-hybridized carbons (Fsp3) is 1.00. The molecular weight excluding hydrogens is 188 g/mol. The third-order valence-corrected chi connectivity index (χ3v) is 3.14. The smallest absolute Gasteiger partial charge is 0.0597 e. The van der Waals surface area contributed by atoms with E-state index in [0.29, 0.717) is 6.04 Å². The summed E-state index contributed by atoms with van der Waals surface area (Å²) >= 11 is 0. The molecule has 0 saturated carbocycles. The van der Waals surface area contributed by atoms with Crippen LogP contribution < -0.4 is 5.32 Å². The van der Waals surface area contributed by atoms with Gasteiger partial charge in [0.05, 0.1) is 6.61 Å². The number of rotatable bonds is 5. The van der Waals surface area contributed by atoms with Crippen molar-refractivity contribution in [2.24, 2.45) is 5.92 Å². The minimum Gasteiger partial charge on any atom is -0.395 e. The van der Waals surface area contributed by atoms with Crippen LogP contribution in [-0.2, 0) is 0 Å². The van der Waals surface area contributed by atoms with Crippen LogP contribution in [-0.4, -0.2) is 48.3 Å². The van der Waals surface area contributed by atoms with Gasteiger partial charge in [0.15, 0.2) is 0 Å². The maximum absolute atomic E-state index is 9.27. The Kier molecular flexibility index (Phi) is 5.58. The summed E-state index contributed by atoms with van der Waals surface area (Å²) in [6.45, 7) is 10.2. The molecule has 0 aromatic heterocycles. The number of piperidine rings is 1. The van der Waals surface area contributed by atoms with Crippen molar-refractivity contribution in [1.82, 2.24) is 10.2 Å². The molecule has 1 saturated heterocycles. The van der Waals surface area contributed by atoms with E-state index in [0.717, 1.165) is 12.5 Å². The van der Waals surface area contributed by atoms with Gasteiger partial charge >= 0.3 is 0 Å². The minimum absolute atomic E-state index is 0.235. The van der Waals surface area contributed by atoms with E-state index in [9.17, 15) is 5.11 Å². The molecule has 0 bridgehead atoms. The lowest BCUT2D eigenvalue weighted by Gasteiger charge is -2.33. The largest absolute Gasteiger partial charge is 0.395 e. The Morgan fingerprint density at radius 3 is 2.40 bits per heavy atom. The Labute approximate surface area is 93.9 Å². The molecule has 3 heteroatoms. The minimum atomic E-state index is 0.235. The highest BCUT2D eigenvalue weighted by Gasteiger charge is 2.19. The van der Waals surface area contributed by atoms with Crippen LogP contribution in [0.3, 0.4) is 0 Å². The number of aliphatic hydroxyl groups is 1. The summed E-state index contributed by atoms with van der Waals surface area (Å²) in [6, 6.07) is 0.685. The first-order valence-corrected chi connectivity index (χ1v) is 6.21. The molecule has 1 aliphatic heterocycles. The second kappa shape index (κ2) is 6.46. The number of nitrogens with zero attached hydrogens (tertiary/aromatic N) is 1. The molecule has 1 fully saturated rings. The molecule has 2 N–H and O–H groups in total. The highest BCUT2D eigenvalue weighted by Crippen LogP contribution is 2.15. The van der Waals surface area contributed by atoms with E-state index in [4.69, 9.17) is 0 Å². The zero-order chi connectivity index (χ0) is 11.3. The summed E-state index contributed by atoms with van der Waals surface area (Å²) in [5.41, 5.74) is 0. The van der Waals surface area contributed by atoms with Crippen molar-refractivity contribution in [3.8, 4) is 0 Å². The lowest BCUT2D eigenvalue weighted by molar-refractivity contribution is 0.142. The quantitative estimate of drug-likeness (QED) is 0.719. The molecule has 1 rings (SSSR count). The fourth-order valence-electron chi connectivity index (χ4n) is 2.19. The maximum Gasteiger partial charge on any atom is 0.0597 e. The average Bonchev–Trinajstić information content (AvgIpc) is 2.19. The summed E-state index contributed by atoms with van der Waals surface area (Å²) in [7, 11) is 0. The lowest BCUT2D eigenvalue weighted by Crippen LogP contribution is -2.47. The maximum atomic E-state index is 9.27. The molecule has 0 radical (unpaired) electrons. The molecule has 90 valence electrons. The Hall–Kier alpha value is -0.120. The molecule has 1 aliphatic rings. The van der Waals surface area contributed by atoms with Crippen molar-refractivity contribution in [3.05, 3.63) is 0 Å². The Morgan fingerprint density at radius 1 is 1.33 bits per heavy atom. The molecule has 0 aromatic rings. The Morgan fingerprint density at radius 2 is 1.93 bits per heavy atom. The Bertz CT molecular complexity index is 165. The van der Waals surface area contributed by atoms with E-state index in [-0.39, 0.29) is 12.6 Å². The standard InChI is InChI=1S/C12H26N2O/c1-10(2)13-12(9-15)8-14-6-4-11(3)5-7-14/h10-13,15H,4-9H2,1-3H3. The van der Waals surface area contributed by atoms with E-state index < -0.39 is 0 Å². The molecule has 0 amide bonds. The molecule has 0 aromatic carbocycles. The van der Waals surface area contributed by atoms with Crippen LogP contribution >= 0.6 is 0 Å². The molecule has 0 spiro atoms. The van der Waals surface area contributed by atoms with Crippen molar-refractivity contribution in [1.29, 1.82) is 0 Å². The van der Waals surface area contributed by atoms with E-state index in [2.05, 4.69) is 31.0 Å². The first-order chi connectivity index (χ1) is 7.11. The number of likely N-dealkylation sites (tertiary alicyclic amines) is 1. The van der Waals surface area contributed by atoms with Gasteiger partial charge < -0.3 is 15.3 Å². The van der Waals surface area contributed by atoms with Gasteiger partial charge in [-0.1, -0.05) is 20.8 Å². The molecule has 0 aliphatic carbocycles. The molecule has 3 nitrogen and oxygen atoms in total. The predicted molar refractivity (Wildman–Crippen MR) is 64.0 cm³/mol. The average molecular weight is 214 g/mol. The van der Waals surface area contributed by atoms with Gasteiger partial charge in [-0.3, -0.25) is 0 Å². The summed E-state index contributed by atoms with van der Waals surface area (Å²) < 4.78 is 0. The summed E-state index contributed by atoms with van der Waals surface area (Å²) in [6.07, 6.45) is 2.61. The van der Waals surface area contributed by atoms with Crippen LogP contribution in [0.1, 0.15) is 33.6 Å². The summed E-state index contributed by atoms with van der Waals surface area (Å²) in [4.78, 5) is 2.47. The van der Waals surface area contributed by atoms with E-state index >= 15 is 0 Å². The second-order valence-electron chi connectivity index (χ2n) is 5.18. The predicted octanol–water partition coefficient (Wildman–Crippen LogP) is 1.08. The van der Waals surface area contributed by atoms with Gasteiger partial charge in [0.1, 0.15) is 0 Å². The van der Waals surface area contributed by atoms with E-state index in [1.54, 1.807) is 0 Å². The van der Waals surface area contributed by atoms with Gasteiger partial charge in [0.25, 0.3) is 0 Å². The fourth-order valence-corrected chi connectivity index (χ4v) is 2.19. The number of nitrogens with one attached hydrogen (secondary N) is 1. The number of aliphatic hydroxyl groups excluding tert-OH is 1.